The number of nitriles is 1. The molecule has 3 heterocycles. The van der Waals surface area contributed by atoms with Crippen molar-refractivity contribution < 1.29 is 9.18 Å². The van der Waals surface area contributed by atoms with Gasteiger partial charge in [-0.25, -0.2) is 19.0 Å². The molecule has 10 heteroatoms. The van der Waals surface area contributed by atoms with E-state index in [0.717, 1.165) is 12.8 Å². The Morgan fingerprint density at radius 2 is 2.12 bits per heavy atom. The van der Waals surface area contributed by atoms with E-state index in [9.17, 15) is 14.4 Å². The number of anilines is 1. The lowest BCUT2D eigenvalue weighted by molar-refractivity contribution is -0.128. The van der Waals surface area contributed by atoms with Gasteiger partial charge in [0.1, 0.15) is 35.3 Å². The van der Waals surface area contributed by atoms with Crippen molar-refractivity contribution in [1.82, 2.24) is 24.6 Å². The first-order valence-electron chi connectivity index (χ1n) is 11.0. The van der Waals surface area contributed by atoms with Gasteiger partial charge in [-0.05, 0) is 30.4 Å². The van der Waals surface area contributed by atoms with E-state index in [1.165, 1.54) is 18.5 Å². The Hall–Kier alpha value is -3.51. The third-order valence-electron chi connectivity index (χ3n) is 5.67. The van der Waals surface area contributed by atoms with Crippen LogP contribution in [0.3, 0.4) is 0 Å². The molecule has 8 nitrogen and oxygen atoms in total. The molecule has 0 saturated carbocycles. The summed E-state index contributed by atoms with van der Waals surface area (Å²) in [6.07, 6.45) is 4.54. The van der Waals surface area contributed by atoms with Crippen LogP contribution in [0.25, 0.3) is 22.3 Å². The van der Waals surface area contributed by atoms with Gasteiger partial charge in [0.25, 0.3) is 5.91 Å². The number of piperidine rings is 1. The molecule has 2 aromatic heterocycles. The minimum atomic E-state index is -0.568. The molecule has 1 amide bonds. The van der Waals surface area contributed by atoms with Crippen molar-refractivity contribution in [3.8, 4) is 17.3 Å². The highest BCUT2D eigenvalue weighted by Gasteiger charge is 2.30. The minimum absolute atomic E-state index is 0.00903. The first-order valence-corrected chi connectivity index (χ1v) is 11.3. The molecule has 3 aromatic rings. The maximum absolute atomic E-state index is 14.2. The van der Waals surface area contributed by atoms with Gasteiger partial charge in [-0.15, -0.1) is 0 Å². The molecule has 1 aliphatic heterocycles. The van der Waals surface area contributed by atoms with Crippen LogP contribution >= 0.6 is 11.6 Å². The molecule has 0 unspecified atom stereocenters. The Balaban J connectivity index is 1.74. The molecular formula is C24H25ClFN7O. The minimum Gasteiger partial charge on any atom is -0.383 e. The van der Waals surface area contributed by atoms with Crippen LogP contribution in [-0.4, -0.2) is 43.6 Å². The molecule has 0 spiro atoms. The van der Waals surface area contributed by atoms with Crippen LogP contribution in [-0.2, 0) is 4.79 Å². The van der Waals surface area contributed by atoms with Gasteiger partial charge in [0.15, 0.2) is 5.65 Å². The predicted octanol–water partition coefficient (Wildman–Crippen LogP) is 4.53. The third kappa shape index (κ3) is 4.59. The number of hydrogen-bond acceptors (Lipinski definition) is 6. The second-order valence-corrected chi connectivity index (χ2v) is 9.87. The van der Waals surface area contributed by atoms with Crippen molar-refractivity contribution in [3.05, 3.63) is 47.0 Å². The lowest BCUT2D eigenvalue weighted by atomic mass is 9.93. The predicted molar refractivity (Wildman–Crippen MR) is 128 cm³/mol. The Morgan fingerprint density at radius 3 is 2.79 bits per heavy atom. The number of carbonyl (C=O) groups excluding carboxylic acids is 1. The molecule has 0 aliphatic carbocycles. The average molecular weight is 482 g/mol. The molecule has 34 heavy (non-hydrogen) atoms. The second-order valence-electron chi connectivity index (χ2n) is 9.46. The molecule has 0 bridgehead atoms. The smallest absolute Gasteiger partial charge is 0.264 e. The van der Waals surface area contributed by atoms with Gasteiger partial charge < -0.3 is 10.6 Å². The highest BCUT2D eigenvalue weighted by atomic mass is 35.5. The SMILES string of the molecule is CC(C)(C)/C=C(\C#N)C(=O)N1CCC[C@@H](n2nc(-c3ccc(Cl)c(F)c3)c3c(N)ncnc32)C1. The molecule has 176 valence electrons. The quantitative estimate of drug-likeness (QED) is 0.434. The van der Waals surface area contributed by atoms with E-state index in [2.05, 4.69) is 9.97 Å². The van der Waals surface area contributed by atoms with Gasteiger partial charge in [-0.3, -0.25) is 4.79 Å². The van der Waals surface area contributed by atoms with Crippen molar-refractivity contribution in [2.75, 3.05) is 18.8 Å². The first-order chi connectivity index (χ1) is 16.1. The largest absolute Gasteiger partial charge is 0.383 e. The zero-order valence-corrected chi connectivity index (χ0v) is 20.0. The zero-order valence-electron chi connectivity index (χ0n) is 19.2. The summed E-state index contributed by atoms with van der Waals surface area (Å²) in [4.78, 5) is 23.3. The van der Waals surface area contributed by atoms with Gasteiger partial charge in [0.2, 0.25) is 0 Å². The van der Waals surface area contributed by atoms with Gasteiger partial charge in [-0.1, -0.05) is 44.5 Å². The fourth-order valence-corrected chi connectivity index (χ4v) is 4.30. The fourth-order valence-electron chi connectivity index (χ4n) is 4.18. The highest BCUT2D eigenvalue weighted by molar-refractivity contribution is 6.30. The van der Waals surface area contributed by atoms with E-state index in [1.807, 2.05) is 26.8 Å². The maximum atomic E-state index is 14.2. The number of nitrogens with two attached hydrogens (primary N) is 1. The molecule has 2 N–H and O–H groups in total. The molecule has 1 aliphatic rings. The number of likely N-dealkylation sites (tertiary alicyclic amines) is 1. The maximum Gasteiger partial charge on any atom is 0.264 e. The van der Waals surface area contributed by atoms with Crippen molar-refractivity contribution in [2.24, 2.45) is 5.41 Å². The number of halogens is 2. The van der Waals surface area contributed by atoms with Crippen LogP contribution in [0.2, 0.25) is 5.02 Å². The van der Waals surface area contributed by atoms with E-state index in [-0.39, 0.29) is 33.8 Å². The number of fused-ring (bicyclic) bond motifs is 1. The van der Waals surface area contributed by atoms with Gasteiger partial charge in [-0.2, -0.15) is 10.4 Å². The van der Waals surface area contributed by atoms with E-state index < -0.39 is 5.82 Å². The Morgan fingerprint density at radius 1 is 1.35 bits per heavy atom. The number of amides is 1. The first kappa shape index (κ1) is 23.6. The Kier molecular flexibility index (Phi) is 6.28. The number of nitrogen functional groups attached to an aromatic ring is 1. The molecule has 0 radical (unpaired) electrons. The van der Waals surface area contributed by atoms with Crippen molar-refractivity contribution in [2.45, 2.75) is 39.7 Å². The summed E-state index contributed by atoms with van der Waals surface area (Å²) < 4.78 is 15.9. The van der Waals surface area contributed by atoms with Crippen LogP contribution < -0.4 is 5.73 Å². The summed E-state index contributed by atoms with van der Waals surface area (Å²) in [5.41, 5.74) is 7.43. The van der Waals surface area contributed by atoms with E-state index in [1.54, 1.807) is 21.7 Å². The summed E-state index contributed by atoms with van der Waals surface area (Å²) in [5, 5.41) is 14.8. The number of rotatable bonds is 3. The van der Waals surface area contributed by atoms with E-state index >= 15 is 0 Å². The number of benzene rings is 1. The molecule has 1 atom stereocenters. The normalized spacial score (nSPS) is 17.1. The summed E-state index contributed by atoms with van der Waals surface area (Å²) in [5.74, 6) is -0.639. The van der Waals surface area contributed by atoms with Crippen LogP contribution in [0.15, 0.2) is 36.2 Å². The lowest BCUT2D eigenvalue weighted by Gasteiger charge is -2.33. The number of carbonyl (C=O) groups is 1. The third-order valence-corrected chi connectivity index (χ3v) is 5.98. The fraction of sp³-hybridized carbons (Fsp3) is 0.375. The van der Waals surface area contributed by atoms with Crippen molar-refractivity contribution >= 4 is 34.4 Å². The average Bonchev–Trinajstić information content (AvgIpc) is 3.19. The monoisotopic (exact) mass is 481 g/mol. The number of hydrogen-bond donors (Lipinski definition) is 1. The summed E-state index contributed by atoms with van der Waals surface area (Å²) in [6, 6.07) is 6.27. The van der Waals surface area contributed by atoms with Crippen LogP contribution in [0.5, 0.6) is 0 Å². The molecule has 1 saturated heterocycles. The topological polar surface area (TPSA) is 114 Å². The highest BCUT2D eigenvalue weighted by Crippen LogP contribution is 2.35. The summed E-state index contributed by atoms with van der Waals surface area (Å²) in [7, 11) is 0. The Bertz CT molecular complexity index is 1340. The zero-order chi connectivity index (χ0) is 24.6. The van der Waals surface area contributed by atoms with E-state index in [0.29, 0.717) is 35.4 Å². The lowest BCUT2D eigenvalue weighted by Crippen LogP contribution is -2.41. The van der Waals surface area contributed by atoms with Crippen LogP contribution in [0.1, 0.15) is 39.7 Å². The van der Waals surface area contributed by atoms with Gasteiger partial charge in [0, 0.05) is 18.7 Å². The van der Waals surface area contributed by atoms with Crippen LogP contribution in [0, 0.1) is 22.6 Å². The molecule has 1 aromatic carbocycles. The van der Waals surface area contributed by atoms with Crippen molar-refractivity contribution in [1.29, 1.82) is 5.26 Å². The molecule has 4 rings (SSSR count). The van der Waals surface area contributed by atoms with E-state index in [4.69, 9.17) is 22.4 Å². The summed E-state index contributed by atoms with van der Waals surface area (Å²) in [6.45, 7) is 6.73. The van der Waals surface area contributed by atoms with Crippen LogP contribution in [0.4, 0.5) is 10.2 Å². The standard InChI is InChI=1S/C24H25ClFN7O/c1-24(2,3)10-15(11-27)23(34)32-8-4-5-16(12-32)33-22-19(21(28)29-13-30-22)20(31-33)14-6-7-17(25)18(26)9-14/h6-7,9-10,13,16H,4-5,8,12H2,1-3H3,(H2,28,29,30)/b15-10+/t16-/m1/s1. The second kappa shape index (κ2) is 9.03. The molecular weight excluding hydrogens is 457 g/mol. The van der Waals surface area contributed by atoms with Gasteiger partial charge in [0.05, 0.1) is 16.5 Å². The number of aromatic nitrogens is 4. The van der Waals surface area contributed by atoms with Crippen molar-refractivity contribution in [3.63, 3.8) is 0 Å². The Labute approximate surface area is 201 Å². The van der Waals surface area contributed by atoms with Gasteiger partial charge >= 0.3 is 0 Å². The summed E-state index contributed by atoms with van der Waals surface area (Å²) >= 11 is 5.85. The number of nitrogens with zero attached hydrogens (tertiary/aromatic N) is 6. The number of allylic oxidation sites excluding steroid dienone is 1. The molecule has 1 fully saturated rings.